The van der Waals surface area contributed by atoms with Gasteiger partial charge >= 0.3 is 0 Å². The van der Waals surface area contributed by atoms with Crippen molar-refractivity contribution in [2.45, 2.75) is 0 Å². The van der Waals surface area contributed by atoms with E-state index < -0.39 is 0 Å². The summed E-state index contributed by atoms with van der Waals surface area (Å²) in [6.45, 7) is 0. The molecule has 0 unspecified atom stereocenters. The normalized spacial score (nSPS) is 17.5. The van der Waals surface area contributed by atoms with Gasteiger partial charge in [0, 0.05) is 0 Å². The molecule has 0 atom stereocenters. The lowest BCUT2D eigenvalue weighted by molar-refractivity contribution is -0.111. The Hall–Kier alpha value is -0.900. The number of thiocarbonyl (C=S) groups is 1. The van der Waals surface area contributed by atoms with Crippen LogP contribution >= 0.6 is 12.2 Å². The summed E-state index contributed by atoms with van der Waals surface area (Å²) in [6.07, 6.45) is 2.36. The van der Waals surface area contributed by atoms with E-state index in [0.717, 1.165) is 6.21 Å². The molecule has 1 rings (SSSR count). The summed E-state index contributed by atoms with van der Waals surface area (Å²) in [4.78, 5) is 17.4. The number of nitrogens with zero attached hydrogens (tertiary/aromatic N) is 2. The number of amides is 1. The molecule has 0 spiro atoms. The molecule has 1 heterocycles. The Labute approximate surface area is 51.1 Å². The van der Waals surface area contributed by atoms with Crippen LogP contribution in [0.1, 0.15) is 0 Å². The Kier molecular flexibility index (Phi) is 1.26. The zero-order valence-corrected chi connectivity index (χ0v) is 4.68. The molecule has 0 radical (unpaired) electrons. The monoisotopic (exact) mass is 126 g/mol. The molecule has 0 aromatic heterocycles. The van der Waals surface area contributed by atoms with E-state index >= 15 is 0 Å². The van der Waals surface area contributed by atoms with Crippen molar-refractivity contribution in [1.82, 2.24) is 0 Å². The minimum atomic E-state index is -0.349. The van der Waals surface area contributed by atoms with Gasteiger partial charge in [0.1, 0.15) is 4.99 Å². The summed E-state index contributed by atoms with van der Waals surface area (Å²) >= 11 is 4.56. The summed E-state index contributed by atoms with van der Waals surface area (Å²) < 4.78 is 0. The molecule has 1 amide bonds. The van der Waals surface area contributed by atoms with Crippen LogP contribution in [0.5, 0.6) is 0 Å². The maximum atomic E-state index is 10.2. The molecule has 40 valence electrons. The fourth-order valence-corrected chi connectivity index (χ4v) is 0.410. The van der Waals surface area contributed by atoms with Crippen molar-refractivity contribution in [2.24, 2.45) is 9.98 Å². The van der Waals surface area contributed by atoms with E-state index in [4.69, 9.17) is 0 Å². The lowest BCUT2D eigenvalue weighted by Crippen LogP contribution is -2.06. The van der Waals surface area contributed by atoms with Crippen molar-refractivity contribution < 1.29 is 4.79 Å². The maximum absolute atomic E-state index is 10.2. The fraction of sp³-hybridized carbons (Fsp3) is 0. The van der Waals surface area contributed by atoms with Gasteiger partial charge in [0.25, 0.3) is 5.91 Å². The number of carbonyl (C=O) groups is 1. The Balaban J connectivity index is 2.83. The second-order valence-corrected chi connectivity index (χ2v) is 1.61. The van der Waals surface area contributed by atoms with E-state index in [1.165, 1.54) is 6.21 Å². The van der Waals surface area contributed by atoms with Crippen LogP contribution in [0.4, 0.5) is 0 Å². The first-order valence-corrected chi connectivity index (χ1v) is 2.36. The second kappa shape index (κ2) is 1.92. The van der Waals surface area contributed by atoms with Gasteiger partial charge in [0.05, 0.1) is 12.4 Å². The van der Waals surface area contributed by atoms with Crippen LogP contribution in [0.25, 0.3) is 0 Å². The van der Waals surface area contributed by atoms with Crippen molar-refractivity contribution in [2.75, 3.05) is 0 Å². The van der Waals surface area contributed by atoms with Gasteiger partial charge in [-0.15, -0.1) is 0 Å². The molecule has 0 aromatic rings. The molecule has 0 aromatic carbocycles. The van der Waals surface area contributed by atoms with E-state index in [9.17, 15) is 4.79 Å². The van der Waals surface area contributed by atoms with E-state index in [2.05, 4.69) is 22.2 Å². The Morgan fingerprint density at radius 2 is 2.12 bits per heavy atom. The predicted molar refractivity (Wildman–Crippen MR) is 34.6 cm³/mol. The minimum absolute atomic E-state index is 0.349. The standard InChI is InChI=1S/C4H2N2OS/c7-3-1-6-4(8)2-5-3/h1-2H. The minimum Gasteiger partial charge on any atom is -0.266 e. The Bertz CT molecular complexity index is 156. The van der Waals surface area contributed by atoms with E-state index in [0.29, 0.717) is 4.99 Å². The van der Waals surface area contributed by atoms with Gasteiger partial charge in [-0.3, -0.25) is 4.79 Å². The number of carbonyl (C=O) groups excluding carboxylic acids is 1. The summed E-state index contributed by atoms with van der Waals surface area (Å²) in [5.41, 5.74) is 0. The van der Waals surface area contributed by atoms with Crippen LogP contribution in [0, 0.1) is 0 Å². The SMILES string of the molecule is O=C1C=NC(=S)C=N1. The smallest absolute Gasteiger partial charge is 0.266 e. The first kappa shape index (κ1) is 5.24. The summed E-state index contributed by atoms with van der Waals surface area (Å²) in [7, 11) is 0. The average molecular weight is 126 g/mol. The molecule has 8 heavy (non-hydrogen) atoms. The highest BCUT2D eigenvalue weighted by Gasteiger charge is 1.97. The third-order valence-electron chi connectivity index (χ3n) is 0.604. The van der Waals surface area contributed by atoms with E-state index in [1.807, 2.05) is 0 Å². The first-order chi connectivity index (χ1) is 3.79. The largest absolute Gasteiger partial charge is 0.288 e. The van der Waals surface area contributed by atoms with E-state index in [-0.39, 0.29) is 5.91 Å². The third kappa shape index (κ3) is 1.04. The van der Waals surface area contributed by atoms with Crippen LogP contribution < -0.4 is 0 Å². The van der Waals surface area contributed by atoms with Crippen molar-refractivity contribution in [1.29, 1.82) is 0 Å². The van der Waals surface area contributed by atoms with Gasteiger partial charge in [-0.1, -0.05) is 12.2 Å². The zero-order valence-electron chi connectivity index (χ0n) is 3.87. The predicted octanol–water partition coefficient (Wildman–Crippen LogP) is -0.00440. The molecule has 0 N–H and O–H groups in total. The molecule has 1 aliphatic heterocycles. The molecular weight excluding hydrogens is 124 g/mol. The second-order valence-electron chi connectivity index (χ2n) is 1.19. The molecule has 0 bridgehead atoms. The first-order valence-electron chi connectivity index (χ1n) is 1.95. The molecule has 3 nitrogen and oxygen atoms in total. The maximum Gasteiger partial charge on any atom is 0.288 e. The summed E-state index contributed by atoms with van der Waals surface area (Å²) in [5.74, 6) is -0.349. The van der Waals surface area contributed by atoms with Crippen LogP contribution in [0.3, 0.4) is 0 Å². The Morgan fingerprint density at radius 1 is 1.38 bits per heavy atom. The molecule has 0 aliphatic carbocycles. The van der Waals surface area contributed by atoms with Crippen molar-refractivity contribution in [3.63, 3.8) is 0 Å². The van der Waals surface area contributed by atoms with Gasteiger partial charge in [0.15, 0.2) is 0 Å². The molecule has 1 aliphatic rings. The number of hydrogen-bond donors (Lipinski definition) is 0. The molecular formula is C4H2N2OS. The third-order valence-corrected chi connectivity index (χ3v) is 0.815. The highest BCUT2D eigenvalue weighted by molar-refractivity contribution is 7.81. The van der Waals surface area contributed by atoms with Gasteiger partial charge in [0.2, 0.25) is 0 Å². The highest BCUT2D eigenvalue weighted by Crippen LogP contribution is 1.83. The van der Waals surface area contributed by atoms with Crippen LogP contribution in [-0.4, -0.2) is 23.3 Å². The highest BCUT2D eigenvalue weighted by atomic mass is 32.1. The number of rotatable bonds is 0. The molecule has 4 heteroatoms. The quantitative estimate of drug-likeness (QED) is 0.428. The van der Waals surface area contributed by atoms with Crippen molar-refractivity contribution >= 4 is 35.5 Å². The lowest BCUT2D eigenvalue weighted by atomic mass is 10.6. The topological polar surface area (TPSA) is 41.8 Å². The molecule has 0 fully saturated rings. The molecule has 0 saturated heterocycles. The number of aliphatic imine (C=N–C) groups is 2. The van der Waals surface area contributed by atoms with Gasteiger partial charge in [-0.25, -0.2) is 9.98 Å². The fourth-order valence-electron chi connectivity index (χ4n) is 0.304. The van der Waals surface area contributed by atoms with Crippen LogP contribution in [0.15, 0.2) is 9.98 Å². The average Bonchev–Trinajstić information content (AvgIpc) is 1.77. The van der Waals surface area contributed by atoms with E-state index in [1.54, 1.807) is 0 Å². The van der Waals surface area contributed by atoms with Crippen LogP contribution in [-0.2, 0) is 4.79 Å². The van der Waals surface area contributed by atoms with Gasteiger partial charge in [-0.05, 0) is 0 Å². The van der Waals surface area contributed by atoms with Gasteiger partial charge < -0.3 is 0 Å². The number of hydrogen-bond acceptors (Lipinski definition) is 2. The van der Waals surface area contributed by atoms with Crippen LogP contribution in [0.2, 0.25) is 0 Å². The summed E-state index contributed by atoms with van der Waals surface area (Å²) in [5, 5.41) is 0. The summed E-state index contributed by atoms with van der Waals surface area (Å²) in [6, 6.07) is 0. The van der Waals surface area contributed by atoms with Crippen molar-refractivity contribution in [3.8, 4) is 0 Å². The molecule has 0 saturated carbocycles. The van der Waals surface area contributed by atoms with Crippen molar-refractivity contribution in [3.05, 3.63) is 0 Å². The lowest BCUT2D eigenvalue weighted by Gasteiger charge is -1.89. The Morgan fingerprint density at radius 3 is 2.50 bits per heavy atom. The van der Waals surface area contributed by atoms with Gasteiger partial charge in [-0.2, -0.15) is 0 Å². The zero-order chi connectivity index (χ0) is 5.98.